The van der Waals surface area contributed by atoms with E-state index in [0.29, 0.717) is 0 Å². The molecule has 2 nitrogen and oxygen atoms in total. The average Bonchev–Trinajstić information content (AvgIpc) is 2.40. The molecule has 0 amide bonds. The van der Waals surface area contributed by atoms with Gasteiger partial charge >= 0.3 is 0 Å². The maximum absolute atomic E-state index is 3.59. The molecule has 1 fully saturated rings. The number of rotatable bonds is 5. The molecule has 1 aromatic rings. The molecule has 1 saturated heterocycles. The number of piperidine rings is 1. The summed E-state index contributed by atoms with van der Waals surface area (Å²) in [7, 11) is 0. The van der Waals surface area contributed by atoms with Gasteiger partial charge in [0.25, 0.3) is 0 Å². The summed E-state index contributed by atoms with van der Waals surface area (Å²) in [6.45, 7) is 12.6. The minimum atomic E-state index is 0.930. The van der Waals surface area contributed by atoms with Gasteiger partial charge in [-0.25, -0.2) is 0 Å². The van der Waals surface area contributed by atoms with E-state index in [-0.39, 0.29) is 0 Å². The molecule has 2 rings (SSSR count). The van der Waals surface area contributed by atoms with Gasteiger partial charge in [-0.3, -0.25) is 0 Å². The normalized spacial score (nSPS) is 17.8. The monoisotopic (exact) mass is 260 g/mol. The molecule has 1 aliphatic heterocycles. The van der Waals surface area contributed by atoms with Crippen molar-refractivity contribution in [3.8, 4) is 0 Å². The van der Waals surface area contributed by atoms with Crippen molar-refractivity contribution in [3.05, 3.63) is 34.9 Å². The molecule has 0 saturated carbocycles. The van der Waals surface area contributed by atoms with E-state index in [1.807, 2.05) is 0 Å². The lowest BCUT2D eigenvalue weighted by atomic mass is 9.99. The van der Waals surface area contributed by atoms with E-state index in [1.54, 1.807) is 0 Å². The van der Waals surface area contributed by atoms with E-state index in [0.717, 1.165) is 19.0 Å². The molecule has 0 unspecified atom stereocenters. The summed E-state index contributed by atoms with van der Waals surface area (Å²) in [5.74, 6) is 0.930. The lowest BCUT2D eigenvalue weighted by molar-refractivity contribution is 0.193. The van der Waals surface area contributed by atoms with Gasteiger partial charge in [-0.2, -0.15) is 0 Å². The Bertz CT molecular complexity index is 392. The molecule has 1 aliphatic rings. The predicted octanol–water partition coefficient (Wildman–Crippen LogP) is 3.12. The summed E-state index contributed by atoms with van der Waals surface area (Å²) in [6, 6.07) is 6.71. The highest BCUT2D eigenvalue weighted by molar-refractivity contribution is 5.30. The smallest absolute Gasteiger partial charge is 0.0208 e. The van der Waals surface area contributed by atoms with Crippen LogP contribution in [0.3, 0.4) is 0 Å². The van der Waals surface area contributed by atoms with Crippen LogP contribution in [-0.4, -0.2) is 31.1 Å². The van der Waals surface area contributed by atoms with Gasteiger partial charge in [-0.15, -0.1) is 0 Å². The van der Waals surface area contributed by atoms with Crippen molar-refractivity contribution in [2.75, 3.05) is 26.2 Å². The Kier molecular flexibility index (Phi) is 5.41. The number of nitrogens with one attached hydrogen (secondary N) is 1. The zero-order chi connectivity index (χ0) is 13.7. The molecule has 0 aromatic heterocycles. The van der Waals surface area contributed by atoms with Crippen LogP contribution in [0.1, 0.15) is 36.5 Å². The summed E-state index contributed by atoms with van der Waals surface area (Å²) >= 11 is 0. The number of aryl methyl sites for hydroxylation is 2. The number of likely N-dealkylation sites (tertiary alicyclic amines) is 1. The Morgan fingerprint density at radius 2 is 1.95 bits per heavy atom. The minimum absolute atomic E-state index is 0.930. The molecule has 0 spiro atoms. The SMILES string of the molecule is Cc1ccc(C)c(CNCCN2CCC(C)CC2)c1. The van der Waals surface area contributed by atoms with Crippen LogP contribution in [0.5, 0.6) is 0 Å². The molecule has 1 heterocycles. The van der Waals surface area contributed by atoms with Crippen molar-refractivity contribution >= 4 is 0 Å². The third kappa shape index (κ3) is 4.63. The van der Waals surface area contributed by atoms with Gasteiger partial charge in [-0.05, 0) is 56.8 Å². The van der Waals surface area contributed by atoms with E-state index in [2.05, 4.69) is 49.2 Å². The highest BCUT2D eigenvalue weighted by Gasteiger charge is 2.14. The number of hydrogen-bond donors (Lipinski definition) is 1. The zero-order valence-electron chi connectivity index (χ0n) is 12.7. The molecule has 0 radical (unpaired) electrons. The second-order valence-corrected chi connectivity index (χ2v) is 6.13. The predicted molar refractivity (Wildman–Crippen MR) is 82.5 cm³/mol. The first-order valence-corrected chi connectivity index (χ1v) is 7.64. The maximum Gasteiger partial charge on any atom is 0.0208 e. The van der Waals surface area contributed by atoms with E-state index in [1.165, 1.54) is 49.2 Å². The number of nitrogens with zero attached hydrogens (tertiary/aromatic N) is 1. The van der Waals surface area contributed by atoms with Gasteiger partial charge < -0.3 is 10.2 Å². The molecule has 19 heavy (non-hydrogen) atoms. The summed E-state index contributed by atoms with van der Waals surface area (Å²) in [6.07, 6.45) is 2.74. The van der Waals surface area contributed by atoms with Crippen LogP contribution >= 0.6 is 0 Å². The van der Waals surface area contributed by atoms with Crippen molar-refractivity contribution in [3.63, 3.8) is 0 Å². The standard InChI is InChI=1S/C17H28N2/c1-14-6-9-19(10-7-14)11-8-18-13-17-12-15(2)4-5-16(17)3/h4-5,12,14,18H,6-11,13H2,1-3H3. The summed E-state index contributed by atoms with van der Waals surface area (Å²) < 4.78 is 0. The Hall–Kier alpha value is -0.860. The van der Waals surface area contributed by atoms with Crippen LogP contribution in [0.2, 0.25) is 0 Å². The van der Waals surface area contributed by atoms with Gasteiger partial charge in [0.15, 0.2) is 0 Å². The first-order chi connectivity index (χ1) is 9.15. The molecule has 1 aromatic carbocycles. The van der Waals surface area contributed by atoms with Crippen LogP contribution in [0.4, 0.5) is 0 Å². The van der Waals surface area contributed by atoms with Crippen molar-refractivity contribution in [1.29, 1.82) is 0 Å². The molecule has 2 heteroatoms. The molecule has 1 N–H and O–H groups in total. The van der Waals surface area contributed by atoms with E-state index in [4.69, 9.17) is 0 Å². The Labute approximate surface area is 118 Å². The fourth-order valence-corrected chi connectivity index (χ4v) is 2.74. The van der Waals surface area contributed by atoms with Crippen LogP contribution in [-0.2, 0) is 6.54 Å². The van der Waals surface area contributed by atoms with Crippen molar-refractivity contribution in [2.45, 2.75) is 40.2 Å². The maximum atomic E-state index is 3.59. The Morgan fingerprint density at radius 1 is 1.21 bits per heavy atom. The summed E-state index contributed by atoms with van der Waals surface area (Å²) in [5.41, 5.74) is 4.18. The van der Waals surface area contributed by atoms with Crippen LogP contribution in [0.25, 0.3) is 0 Å². The zero-order valence-corrected chi connectivity index (χ0v) is 12.7. The molecule has 0 atom stereocenters. The first kappa shape index (κ1) is 14.5. The van der Waals surface area contributed by atoms with Crippen LogP contribution in [0, 0.1) is 19.8 Å². The minimum Gasteiger partial charge on any atom is -0.311 e. The van der Waals surface area contributed by atoms with Gasteiger partial charge in [0.2, 0.25) is 0 Å². The topological polar surface area (TPSA) is 15.3 Å². The van der Waals surface area contributed by atoms with Crippen molar-refractivity contribution in [2.24, 2.45) is 5.92 Å². The average molecular weight is 260 g/mol. The third-order valence-electron chi connectivity index (χ3n) is 4.30. The first-order valence-electron chi connectivity index (χ1n) is 7.64. The molecule has 106 valence electrons. The van der Waals surface area contributed by atoms with E-state index >= 15 is 0 Å². The van der Waals surface area contributed by atoms with Gasteiger partial charge in [-0.1, -0.05) is 30.7 Å². The van der Waals surface area contributed by atoms with Crippen LogP contribution in [0.15, 0.2) is 18.2 Å². The summed E-state index contributed by atoms with van der Waals surface area (Å²) in [4.78, 5) is 2.59. The lowest BCUT2D eigenvalue weighted by Crippen LogP contribution is -2.37. The second kappa shape index (κ2) is 7.06. The third-order valence-corrected chi connectivity index (χ3v) is 4.30. The van der Waals surface area contributed by atoms with Gasteiger partial charge in [0.1, 0.15) is 0 Å². The summed E-state index contributed by atoms with van der Waals surface area (Å²) in [5, 5.41) is 3.59. The number of hydrogen-bond acceptors (Lipinski definition) is 2. The van der Waals surface area contributed by atoms with Crippen molar-refractivity contribution in [1.82, 2.24) is 10.2 Å². The molecular formula is C17H28N2. The Morgan fingerprint density at radius 3 is 2.68 bits per heavy atom. The second-order valence-electron chi connectivity index (χ2n) is 6.13. The fourth-order valence-electron chi connectivity index (χ4n) is 2.74. The van der Waals surface area contributed by atoms with Crippen molar-refractivity contribution < 1.29 is 0 Å². The highest BCUT2D eigenvalue weighted by Crippen LogP contribution is 2.15. The van der Waals surface area contributed by atoms with Crippen LogP contribution < -0.4 is 5.32 Å². The van der Waals surface area contributed by atoms with Gasteiger partial charge in [0, 0.05) is 19.6 Å². The highest BCUT2D eigenvalue weighted by atomic mass is 15.1. The van der Waals surface area contributed by atoms with E-state index < -0.39 is 0 Å². The molecule has 0 aliphatic carbocycles. The quantitative estimate of drug-likeness (QED) is 0.818. The largest absolute Gasteiger partial charge is 0.311 e. The van der Waals surface area contributed by atoms with Gasteiger partial charge in [0.05, 0.1) is 0 Å². The molecular weight excluding hydrogens is 232 g/mol. The molecule has 0 bridgehead atoms. The Balaban J connectivity index is 1.68. The number of benzene rings is 1. The lowest BCUT2D eigenvalue weighted by Gasteiger charge is -2.30. The van der Waals surface area contributed by atoms with E-state index in [9.17, 15) is 0 Å². The fraction of sp³-hybridized carbons (Fsp3) is 0.647.